The van der Waals surface area contributed by atoms with Crippen LogP contribution in [0.1, 0.15) is 28.4 Å². The number of amides is 2. The van der Waals surface area contributed by atoms with Crippen molar-refractivity contribution < 1.29 is 19.1 Å². The predicted octanol–water partition coefficient (Wildman–Crippen LogP) is 2.92. The lowest BCUT2D eigenvalue weighted by Crippen LogP contribution is -2.30. The van der Waals surface area contributed by atoms with Crippen LogP contribution in [-0.2, 0) is 20.7 Å². The van der Waals surface area contributed by atoms with Gasteiger partial charge in [-0.05, 0) is 36.6 Å². The smallest absolute Gasteiger partial charge is 0.339 e. The van der Waals surface area contributed by atoms with Crippen LogP contribution >= 0.6 is 0 Å². The molecular formula is C19H20N2O4. The fourth-order valence-corrected chi connectivity index (χ4v) is 2.43. The van der Waals surface area contributed by atoms with Crippen LogP contribution in [0.25, 0.3) is 0 Å². The van der Waals surface area contributed by atoms with E-state index in [0.29, 0.717) is 5.69 Å². The first kappa shape index (κ1) is 18.2. The molecule has 0 aliphatic heterocycles. The fourth-order valence-electron chi connectivity index (χ4n) is 2.43. The molecule has 2 amide bonds. The van der Waals surface area contributed by atoms with Crippen molar-refractivity contribution in [2.24, 2.45) is 0 Å². The molecule has 0 aliphatic rings. The topological polar surface area (TPSA) is 84.5 Å². The fraction of sp³-hybridized carbons (Fsp3) is 0.211. The number of methoxy groups -OCH3 is 1. The Balaban J connectivity index is 2.18. The molecule has 0 aromatic heterocycles. The number of carbonyl (C=O) groups is 3. The zero-order valence-electron chi connectivity index (χ0n) is 14.4. The third-order valence-corrected chi connectivity index (χ3v) is 3.77. The number of nitrogens with one attached hydrogen (secondary N) is 2. The second kappa shape index (κ2) is 8.10. The number of ether oxygens (including phenoxy) is 1. The van der Waals surface area contributed by atoms with Gasteiger partial charge in [0.15, 0.2) is 0 Å². The second-order valence-corrected chi connectivity index (χ2v) is 5.41. The molecule has 130 valence electrons. The summed E-state index contributed by atoms with van der Waals surface area (Å²) in [6.45, 7) is 3.83. The highest BCUT2D eigenvalue weighted by molar-refractivity contribution is 6.44. The van der Waals surface area contributed by atoms with Gasteiger partial charge in [-0.1, -0.05) is 37.3 Å². The first-order valence-corrected chi connectivity index (χ1v) is 7.86. The van der Waals surface area contributed by atoms with E-state index < -0.39 is 17.8 Å². The Labute approximate surface area is 146 Å². The first-order valence-electron chi connectivity index (χ1n) is 7.86. The second-order valence-electron chi connectivity index (χ2n) is 5.41. The van der Waals surface area contributed by atoms with E-state index in [0.717, 1.165) is 17.5 Å². The quantitative estimate of drug-likeness (QED) is 0.662. The Morgan fingerprint density at radius 1 is 0.960 bits per heavy atom. The maximum Gasteiger partial charge on any atom is 0.339 e. The van der Waals surface area contributed by atoms with Crippen LogP contribution in [0.4, 0.5) is 11.4 Å². The van der Waals surface area contributed by atoms with Gasteiger partial charge in [-0.2, -0.15) is 0 Å². The number of anilines is 2. The number of rotatable bonds is 4. The maximum atomic E-state index is 12.2. The lowest BCUT2D eigenvalue weighted by Gasteiger charge is -2.13. The van der Waals surface area contributed by atoms with Crippen molar-refractivity contribution in [3.63, 3.8) is 0 Å². The minimum atomic E-state index is -0.860. The van der Waals surface area contributed by atoms with E-state index in [1.54, 1.807) is 12.1 Å². The maximum absolute atomic E-state index is 12.2. The van der Waals surface area contributed by atoms with E-state index in [4.69, 9.17) is 0 Å². The number of carbonyl (C=O) groups excluding carboxylic acids is 3. The summed E-state index contributed by atoms with van der Waals surface area (Å²) < 4.78 is 4.67. The molecule has 0 aliphatic carbocycles. The van der Waals surface area contributed by atoms with Crippen molar-refractivity contribution in [1.82, 2.24) is 0 Å². The van der Waals surface area contributed by atoms with Gasteiger partial charge in [0.05, 0.1) is 18.4 Å². The SMILES string of the molecule is CCc1cccc(C)c1NC(=O)C(=O)Nc1ccccc1C(=O)OC. The van der Waals surface area contributed by atoms with E-state index in [2.05, 4.69) is 15.4 Å². The summed E-state index contributed by atoms with van der Waals surface area (Å²) >= 11 is 0. The zero-order valence-corrected chi connectivity index (χ0v) is 14.4. The summed E-state index contributed by atoms with van der Waals surface area (Å²) in [6.07, 6.45) is 0.726. The molecule has 2 N–H and O–H groups in total. The third kappa shape index (κ3) is 4.23. The molecule has 0 saturated carbocycles. The third-order valence-electron chi connectivity index (χ3n) is 3.77. The Hall–Kier alpha value is -3.15. The molecule has 0 heterocycles. The van der Waals surface area contributed by atoms with Crippen molar-refractivity contribution in [2.75, 3.05) is 17.7 Å². The summed E-state index contributed by atoms with van der Waals surface area (Å²) in [4.78, 5) is 36.2. The van der Waals surface area contributed by atoms with Crippen molar-refractivity contribution in [3.05, 3.63) is 59.2 Å². The summed E-state index contributed by atoms with van der Waals surface area (Å²) in [7, 11) is 1.25. The minimum Gasteiger partial charge on any atom is -0.465 e. The van der Waals surface area contributed by atoms with E-state index in [1.165, 1.54) is 19.2 Å². The molecule has 0 unspecified atom stereocenters. The van der Waals surface area contributed by atoms with Gasteiger partial charge in [0.1, 0.15) is 0 Å². The Kier molecular flexibility index (Phi) is 5.89. The average molecular weight is 340 g/mol. The van der Waals surface area contributed by atoms with Gasteiger partial charge >= 0.3 is 17.8 Å². The minimum absolute atomic E-state index is 0.177. The molecule has 0 bridgehead atoms. The van der Waals surface area contributed by atoms with Crippen molar-refractivity contribution in [1.29, 1.82) is 0 Å². The molecule has 2 aromatic carbocycles. The van der Waals surface area contributed by atoms with Crippen LogP contribution in [0.3, 0.4) is 0 Å². The summed E-state index contributed by atoms with van der Waals surface area (Å²) in [5.74, 6) is -2.26. The van der Waals surface area contributed by atoms with Crippen LogP contribution in [0.15, 0.2) is 42.5 Å². The molecule has 2 rings (SSSR count). The van der Waals surface area contributed by atoms with E-state index >= 15 is 0 Å². The highest BCUT2D eigenvalue weighted by Crippen LogP contribution is 2.21. The van der Waals surface area contributed by atoms with Gasteiger partial charge in [0, 0.05) is 5.69 Å². The van der Waals surface area contributed by atoms with E-state index in [9.17, 15) is 14.4 Å². The van der Waals surface area contributed by atoms with Gasteiger partial charge in [-0.15, -0.1) is 0 Å². The molecule has 6 nitrogen and oxygen atoms in total. The molecule has 0 saturated heterocycles. The Morgan fingerprint density at radius 2 is 1.64 bits per heavy atom. The zero-order chi connectivity index (χ0) is 18.4. The van der Waals surface area contributed by atoms with Gasteiger partial charge in [-0.25, -0.2) is 4.79 Å². The lowest BCUT2D eigenvalue weighted by molar-refractivity contribution is -0.133. The molecular weight excluding hydrogens is 320 g/mol. The number of hydrogen-bond acceptors (Lipinski definition) is 4. The van der Waals surface area contributed by atoms with Crippen molar-refractivity contribution >= 4 is 29.2 Å². The molecule has 0 fully saturated rings. The van der Waals surface area contributed by atoms with Crippen LogP contribution < -0.4 is 10.6 Å². The number of para-hydroxylation sites is 2. The van der Waals surface area contributed by atoms with Crippen LogP contribution in [0, 0.1) is 6.92 Å². The summed E-state index contributed by atoms with van der Waals surface area (Å²) in [5.41, 5.74) is 2.84. The van der Waals surface area contributed by atoms with Crippen LogP contribution in [-0.4, -0.2) is 24.9 Å². The summed E-state index contributed by atoms with van der Waals surface area (Å²) in [5, 5.41) is 5.10. The summed E-state index contributed by atoms with van der Waals surface area (Å²) in [6, 6.07) is 12.0. The highest BCUT2D eigenvalue weighted by atomic mass is 16.5. The molecule has 6 heteroatoms. The standard InChI is InChI=1S/C19H20N2O4/c1-4-13-9-7-8-12(2)16(13)21-18(23)17(22)20-15-11-6-5-10-14(15)19(24)25-3/h5-11H,4H2,1-3H3,(H,20,22)(H,21,23). The molecule has 0 atom stereocenters. The van der Waals surface area contributed by atoms with Crippen molar-refractivity contribution in [3.8, 4) is 0 Å². The number of benzene rings is 2. The molecule has 0 spiro atoms. The Bertz CT molecular complexity index is 815. The van der Waals surface area contributed by atoms with Gasteiger partial charge in [0.25, 0.3) is 0 Å². The van der Waals surface area contributed by atoms with Gasteiger partial charge in [-0.3, -0.25) is 9.59 Å². The molecule has 25 heavy (non-hydrogen) atoms. The monoisotopic (exact) mass is 340 g/mol. The predicted molar refractivity (Wildman–Crippen MR) is 95.6 cm³/mol. The van der Waals surface area contributed by atoms with Gasteiger partial charge < -0.3 is 15.4 Å². The highest BCUT2D eigenvalue weighted by Gasteiger charge is 2.19. The molecule has 0 radical (unpaired) electrons. The Morgan fingerprint density at radius 3 is 2.32 bits per heavy atom. The number of aryl methyl sites for hydroxylation is 2. The largest absolute Gasteiger partial charge is 0.465 e. The van der Waals surface area contributed by atoms with Gasteiger partial charge in [0.2, 0.25) is 0 Å². The lowest BCUT2D eigenvalue weighted by atomic mass is 10.1. The first-order chi connectivity index (χ1) is 12.0. The molecule has 2 aromatic rings. The van der Waals surface area contributed by atoms with E-state index in [1.807, 2.05) is 32.0 Å². The normalized spacial score (nSPS) is 10.0. The van der Waals surface area contributed by atoms with Crippen LogP contribution in [0.5, 0.6) is 0 Å². The van der Waals surface area contributed by atoms with Crippen molar-refractivity contribution in [2.45, 2.75) is 20.3 Å². The van der Waals surface area contributed by atoms with E-state index in [-0.39, 0.29) is 11.3 Å². The average Bonchev–Trinajstić information content (AvgIpc) is 2.63. The number of esters is 1. The van der Waals surface area contributed by atoms with Crippen LogP contribution in [0.2, 0.25) is 0 Å². The number of hydrogen-bond donors (Lipinski definition) is 2.